The smallest absolute Gasteiger partial charge is 0.0901 e. The van der Waals surface area contributed by atoms with E-state index >= 15 is 0 Å². The summed E-state index contributed by atoms with van der Waals surface area (Å²) < 4.78 is 4.68. The van der Waals surface area contributed by atoms with Gasteiger partial charge in [0.2, 0.25) is 0 Å². The molecule has 0 unspecified atom stereocenters. The third kappa shape index (κ3) is 6.76. The van der Waals surface area contributed by atoms with Gasteiger partial charge in [-0.15, -0.1) is 0 Å². The second-order valence-corrected chi connectivity index (χ2v) is 1.25. The lowest BCUT2D eigenvalue weighted by Crippen LogP contribution is -1.58. The van der Waals surface area contributed by atoms with Crippen molar-refractivity contribution in [2.45, 2.75) is 0 Å². The molecule has 0 saturated carbocycles. The van der Waals surface area contributed by atoms with E-state index in [1.54, 1.807) is 12.2 Å². The fourth-order valence-electron chi connectivity index (χ4n) is 0.289. The highest BCUT2D eigenvalue weighted by molar-refractivity contribution is 5.07. The molecule has 0 amide bonds. The Morgan fingerprint density at radius 1 is 1.00 bits per heavy atom. The molecule has 0 spiro atoms. The Kier molecular flexibility index (Phi) is 5.83. The predicted octanol–water partition coefficient (Wildman–Crippen LogP) is 2.40. The molecule has 0 N–H and O–H groups in total. The summed E-state index contributed by atoms with van der Waals surface area (Å²) in [5, 5.41) is 0. The molecule has 1 heteroatoms. The van der Waals surface area contributed by atoms with Gasteiger partial charge >= 0.3 is 0 Å². The Morgan fingerprint density at radius 2 is 1.78 bits per heavy atom. The average molecular weight is 122 g/mol. The van der Waals surface area contributed by atoms with Gasteiger partial charge in [-0.1, -0.05) is 31.4 Å². The van der Waals surface area contributed by atoms with Crippen LogP contribution in [0.3, 0.4) is 0 Å². The second-order valence-electron chi connectivity index (χ2n) is 1.25. The highest BCUT2D eigenvalue weighted by Crippen LogP contribution is 1.79. The van der Waals surface area contributed by atoms with Crippen molar-refractivity contribution in [3.63, 3.8) is 0 Å². The summed E-state index contributed by atoms with van der Waals surface area (Å²) in [5.74, 6) is 0. The fourth-order valence-corrected chi connectivity index (χ4v) is 0.289. The second kappa shape index (κ2) is 6.76. The van der Waals surface area contributed by atoms with Crippen LogP contribution in [0.25, 0.3) is 0 Å². The third-order valence-corrected chi connectivity index (χ3v) is 0.612. The quantitative estimate of drug-likeness (QED) is 0.411. The van der Waals surface area contributed by atoms with Crippen molar-refractivity contribution in [2.75, 3.05) is 0 Å². The van der Waals surface area contributed by atoms with Gasteiger partial charge in [0.1, 0.15) is 0 Å². The Labute approximate surface area is 55.6 Å². The van der Waals surface area contributed by atoms with Crippen molar-refractivity contribution in [1.82, 2.24) is 0 Å². The Morgan fingerprint density at radius 3 is 2.33 bits per heavy atom. The van der Waals surface area contributed by atoms with Gasteiger partial charge in [0, 0.05) is 0 Å². The Bertz CT molecular complexity index is 132. The molecule has 0 rings (SSSR count). The van der Waals surface area contributed by atoms with E-state index in [0.717, 1.165) is 0 Å². The maximum Gasteiger partial charge on any atom is 0.0901 e. The Hall–Kier alpha value is -1.24. The van der Waals surface area contributed by atoms with Crippen molar-refractivity contribution < 1.29 is 4.74 Å². The van der Waals surface area contributed by atoms with Gasteiger partial charge in [0.05, 0.1) is 12.5 Å². The van der Waals surface area contributed by atoms with Crippen molar-refractivity contribution in [3.05, 3.63) is 50.0 Å². The summed E-state index contributed by atoms with van der Waals surface area (Å²) in [6.45, 7) is 6.86. The van der Waals surface area contributed by atoms with Gasteiger partial charge < -0.3 is 4.74 Å². The molecule has 0 atom stereocenters. The summed E-state index contributed by atoms with van der Waals surface area (Å²) in [7, 11) is 0. The largest absolute Gasteiger partial charge is 0.473 e. The molecule has 0 aliphatic heterocycles. The summed E-state index contributed by atoms with van der Waals surface area (Å²) in [6, 6.07) is 0. The van der Waals surface area contributed by atoms with Crippen LogP contribution in [-0.4, -0.2) is 0 Å². The highest BCUT2D eigenvalue weighted by Gasteiger charge is 1.60. The number of hydrogen-bond acceptors (Lipinski definition) is 1. The molecule has 0 aromatic rings. The van der Waals surface area contributed by atoms with Crippen LogP contribution in [0.2, 0.25) is 0 Å². The van der Waals surface area contributed by atoms with E-state index in [0.29, 0.717) is 0 Å². The van der Waals surface area contributed by atoms with Gasteiger partial charge in [-0.05, 0) is 6.08 Å². The topological polar surface area (TPSA) is 9.23 Å². The van der Waals surface area contributed by atoms with Crippen LogP contribution in [0.15, 0.2) is 50.0 Å². The molecular formula is C8H10O. The van der Waals surface area contributed by atoms with Crippen molar-refractivity contribution in [2.24, 2.45) is 0 Å². The highest BCUT2D eigenvalue weighted by atomic mass is 16.5. The predicted molar refractivity (Wildman–Crippen MR) is 39.8 cm³/mol. The first-order valence-corrected chi connectivity index (χ1v) is 2.62. The molecular weight excluding hydrogens is 112 g/mol. The maximum absolute atomic E-state index is 4.68. The van der Waals surface area contributed by atoms with Gasteiger partial charge in [0.25, 0.3) is 0 Å². The first-order chi connectivity index (χ1) is 4.41. The normalized spacial score (nSPS) is 10.2. The van der Waals surface area contributed by atoms with Gasteiger partial charge in [-0.25, -0.2) is 0 Å². The van der Waals surface area contributed by atoms with Crippen LogP contribution < -0.4 is 0 Å². The van der Waals surface area contributed by atoms with E-state index in [-0.39, 0.29) is 0 Å². The zero-order valence-corrected chi connectivity index (χ0v) is 5.29. The minimum atomic E-state index is 1.36. The summed E-state index contributed by atoms with van der Waals surface area (Å²) in [4.78, 5) is 0. The zero-order valence-electron chi connectivity index (χ0n) is 5.29. The van der Waals surface area contributed by atoms with Crippen molar-refractivity contribution >= 4 is 0 Å². The molecule has 0 aromatic carbocycles. The lowest BCUT2D eigenvalue weighted by atomic mass is 10.5. The molecule has 0 radical (unpaired) electrons. The maximum atomic E-state index is 4.68. The van der Waals surface area contributed by atoms with Crippen LogP contribution >= 0.6 is 0 Å². The molecule has 0 saturated heterocycles. The van der Waals surface area contributed by atoms with Gasteiger partial charge in [-0.2, -0.15) is 0 Å². The lowest BCUT2D eigenvalue weighted by molar-refractivity contribution is 0.405. The molecule has 48 valence electrons. The zero-order chi connectivity index (χ0) is 6.95. The minimum Gasteiger partial charge on any atom is -0.473 e. The fraction of sp³-hybridized carbons (Fsp3) is 0. The summed E-state index contributed by atoms with van der Waals surface area (Å²) in [6.07, 6.45) is 9.96. The van der Waals surface area contributed by atoms with Crippen molar-refractivity contribution in [1.29, 1.82) is 0 Å². The molecule has 9 heavy (non-hydrogen) atoms. The van der Waals surface area contributed by atoms with E-state index in [4.69, 9.17) is 0 Å². The molecule has 0 aromatic heterocycles. The number of ether oxygens (including phenoxy) is 1. The van der Waals surface area contributed by atoms with E-state index < -0.39 is 0 Å². The molecule has 0 aliphatic rings. The van der Waals surface area contributed by atoms with Crippen LogP contribution in [0, 0.1) is 0 Å². The SMILES string of the molecule is C=C/C=C/C=C/OC=C. The first-order valence-electron chi connectivity index (χ1n) is 2.62. The Balaban J connectivity index is 3.33. The molecule has 0 aliphatic carbocycles. The van der Waals surface area contributed by atoms with E-state index in [1.165, 1.54) is 12.5 Å². The molecule has 0 heterocycles. The van der Waals surface area contributed by atoms with E-state index in [9.17, 15) is 0 Å². The molecule has 1 nitrogen and oxygen atoms in total. The minimum absolute atomic E-state index is 1.36. The first kappa shape index (κ1) is 7.76. The number of allylic oxidation sites excluding steroid dienone is 4. The number of hydrogen-bond donors (Lipinski definition) is 0. The standard InChI is InChI=1S/C8H10O/c1-3-5-6-7-8-9-4-2/h3-8H,1-2H2/b6-5+,8-7+. The van der Waals surface area contributed by atoms with Crippen LogP contribution in [0.5, 0.6) is 0 Å². The summed E-state index contributed by atoms with van der Waals surface area (Å²) >= 11 is 0. The average Bonchev–Trinajstić information content (AvgIpc) is 1.89. The van der Waals surface area contributed by atoms with Crippen LogP contribution in [0.4, 0.5) is 0 Å². The monoisotopic (exact) mass is 122 g/mol. The third-order valence-electron chi connectivity index (χ3n) is 0.612. The lowest BCUT2D eigenvalue weighted by Gasteiger charge is -1.81. The van der Waals surface area contributed by atoms with Gasteiger partial charge in [-0.3, -0.25) is 0 Å². The summed E-state index contributed by atoms with van der Waals surface area (Å²) in [5.41, 5.74) is 0. The van der Waals surface area contributed by atoms with Gasteiger partial charge in [0.15, 0.2) is 0 Å². The van der Waals surface area contributed by atoms with E-state index in [1.807, 2.05) is 12.2 Å². The molecule has 0 bridgehead atoms. The molecule has 0 fully saturated rings. The van der Waals surface area contributed by atoms with Crippen molar-refractivity contribution in [3.8, 4) is 0 Å². The van der Waals surface area contributed by atoms with Crippen LogP contribution in [-0.2, 0) is 4.74 Å². The van der Waals surface area contributed by atoms with E-state index in [2.05, 4.69) is 17.9 Å². The van der Waals surface area contributed by atoms with Crippen LogP contribution in [0.1, 0.15) is 0 Å². The number of rotatable bonds is 4.